The van der Waals surface area contributed by atoms with Gasteiger partial charge < -0.3 is 4.74 Å². The third-order valence-corrected chi connectivity index (χ3v) is 2.82. The standard InChI is InChI=1S/C12H11F3O2/c1-11(6-12(13,14)15)7-17-9-5-3-2-4-8(9)10(11)16/h2-5H,6-7H2,1H3. The summed E-state index contributed by atoms with van der Waals surface area (Å²) in [5.74, 6) is -0.145. The molecule has 1 aliphatic heterocycles. The van der Waals surface area contributed by atoms with Crippen LogP contribution in [0, 0.1) is 5.41 Å². The molecule has 1 aromatic carbocycles. The average Bonchev–Trinajstić information content (AvgIpc) is 2.22. The van der Waals surface area contributed by atoms with Gasteiger partial charge in [0.1, 0.15) is 12.4 Å². The van der Waals surface area contributed by atoms with Crippen molar-refractivity contribution in [3.05, 3.63) is 29.8 Å². The van der Waals surface area contributed by atoms with Crippen molar-refractivity contribution in [2.45, 2.75) is 19.5 Å². The summed E-state index contributed by atoms with van der Waals surface area (Å²) in [5.41, 5.74) is -1.29. The van der Waals surface area contributed by atoms with Crippen LogP contribution in [0.3, 0.4) is 0 Å². The number of benzene rings is 1. The van der Waals surface area contributed by atoms with Crippen molar-refractivity contribution in [2.75, 3.05) is 6.61 Å². The number of carbonyl (C=O) groups excluding carboxylic acids is 1. The van der Waals surface area contributed by atoms with Crippen molar-refractivity contribution in [3.63, 3.8) is 0 Å². The van der Waals surface area contributed by atoms with Gasteiger partial charge >= 0.3 is 6.18 Å². The molecule has 0 amide bonds. The molecule has 0 radical (unpaired) electrons. The zero-order valence-electron chi connectivity index (χ0n) is 9.17. The van der Waals surface area contributed by atoms with Crippen LogP contribution < -0.4 is 4.74 Å². The molecule has 0 aliphatic carbocycles. The number of fused-ring (bicyclic) bond motifs is 1. The van der Waals surface area contributed by atoms with Crippen LogP contribution >= 0.6 is 0 Å². The van der Waals surface area contributed by atoms with E-state index in [-0.39, 0.29) is 12.2 Å². The lowest BCUT2D eigenvalue weighted by Gasteiger charge is -2.33. The van der Waals surface area contributed by atoms with E-state index in [1.54, 1.807) is 18.2 Å². The molecule has 0 aromatic heterocycles. The van der Waals surface area contributed by atoms with Gasteiger partial charge in [-0.1, -0.05) is 12.1 Å². The first-order chi connectivity index (χ1) is 7.82. The SMILES string of the molecule is CC1(CC(F)(F)F)COc2ccccc2C1=O. The Morgan fingerprint density at radius 2 is 2.00 bits per heavy atom. The van der Waals surface area contributed by atoms with Gasteiger partial charge in [0.25, 0.3) is 0 Å². The predicted molar refractivity (Wildman–Crippen MR) is 55.0 cm³/mol. The minimum absolute atomic E-state index is 0.227. The molecule has 0 N–H and O–H groups in total. The van der Waals surface area contributed by atoms with Crippen molar-refractivity contribution in [1.82, 2.24) is 0 Å². The molecule has 2 nitrogen and oxygen atoms in total. The van der Waals surface area contributed by atoms with Gasteiger partial charge in [0.15, 0.2) is 5.78 Å². The number of hydrogen-bond acceptors (Lipinski definition) is 2. The van der Waals surface area contributed by atoms with Crippen molar-refractivity contribution in [1.29, 1.82) is 0 Å². The van der Waals surface area contributed by atoms with Crippen molar-refractivity contribution >= 4 is 5.78 Å². The Bertz CT molecular complexity index is 453. The summed E-state index contributed by atoms with van der Waals surface area (Å²) in [4.78, 5) is 12.0. The molecular weight excluding hydrogens is 233 g/mol. The second kappa shape index (κ2) is 3.75. The number of ketones is 1. The summed E-state index contributed by atoms with van der Waals surface area (Å²) < 4.78 is 42.5. The van der Waals surface area contributed by atoms with Gasteiger partial charge in [-0.2, -0.15) is 13.2 Å². The molecule has 1 atom stereocenters. The zero-order chi connectivity index (χ0) is 12.7. The Morgan fingerprint density at radius 3 is 2.65 bits per heavy atom. The lowest BCUT2D eigenvalue weighted by molar-refractivity contribution is -0.154. The highest BCUT2D eigenvalue weighted by Crippen LogP contribution is 2.41. The van der Waals surface area contributed by atoms with Crippen molar-refractivity contribution in [2.24, 2.45) is 5.41 Å². The third kappa shape index (κ3) is 2.28. The Labute approximate surface area is 96.4 Å². The Kier molecular flexibility index (Phi) is 2.64. The summed E-state index contributed by atoms with van der Waals surface area (Å²) in [6.07, 6.45) is -5.53. The first-order valence-corrected chi connectivity index (χ1v) is 5.15. The minimum Gasteiger partial charge on any atom is -0.492 e. The molecule has 0 saturated heterocycles. The van der Waals surface area contributed by atoms with E-state index in [2.05, 4.69) is 0 Å². The van der Waals surface area contributed by atoms with E-state index in [4.69, 9.17) is 4.74 Å². The Balaban J connectivity index is 2.34. The van der Waals surface area contributed by atoms with Gasteiger partial charge in [-0.25, -0.2) is 0 Å². The number of ether oxygens (including phenoxy) is 1. The van der Waals surface area contributed by atoms with Gasteiger partial charge in [-0.3, -0.25) is 4.79 Å². The number of hydrogen-bond donors (Lipinski definition) is 0. The van der Waals surface area contributed by atoms with Gasteiger partial charge in [-0.15, -0.1) is 0 Å². The monoisotopic (exact) mass is 244 g/mol. The van der Waals surface area contributed by atoms with Crippen LogP contribution in [-0.2, 0) is 0 Å². The molecule has 92 valence electrons. The molecule has 0 saturated carbocycles. The molecule has 1 heterocycles. The van der Waals surface area contributed by atoms with Crippen LogP contribution in [-0.4, -0.2) is 18.6 Å². The molecule has 17 heavy (non-hydrogen) atoms. The van der Waals surface area contributed by atoms with Crippen LogP contribution in [0.2, 0.25) is 0 Å². The number of carbonyl (C=O) groups is 1. The van der Waals surface area contributed by atoms with Crippen molar-refractivity contribution < 1.29 is 22.7 Å². The maximum atomic E-state index is 12.4. The van der Waals surface area contributed by atoms with E-state index in [0.29, 0.717) is 5.75 Å². The minimum atomic E-state index is -4.37. The summed E-state index contributed by atoms with van der Waals surface area (Å²) in [6, 6.07) is 6.36. The first kappa shape index (κ1) is 12.0. The number of alkyl halides is 3. The molecule has 1 aromatic rings. The van der Waals surface area contributed by atoms with E-state index in [1.807, 2.05) is 0 Å². The Morgan fingerprint density at radius 1 is 1.35 bits per heavy atom. The fraction of sp³-hybridized carbons (Fsp3) is 0.417. The molecule has 2 rings (SSSR count). The maximum Gasteiger partial charge on any atom is 0.390 e. The second-order valence-corrected chi connectivity index (χ2v) is 4.47. The quantitative estimate of drug-likeness (QED) is 0.758. The van der Waals surface area contributed by atoms with Gasteiger partial charge in [0, 0.05) is 0 Å². The number of Topliss-reactive ketones (excluding diaryl/α,β-unsaturated/α-hetero) is 1. The molecule has 1 aliphatic rings. The lowest BCUT2D eigenvalue weighted by atomic mass is 9.78. The number of halogens is 3. The normalized spacial score (nSPS) is 24.1. The summed E-state index contributed by atoms with van der Waals surface area (Å²) in [5, 5.41) is 0. The van der Waals surface area contributed by atoms with Gasteiger partial charge in [0.2, 0.25) is 0 Å². The van der Waals surface area contributed by atoms with E-state index in [1.165, 1.54) is 13.0 Å². The van der Waals surface area contributed by atoms with Crippen LogP contribution in [0.15, 0.2) is 24.3 Å². The average molecular weight is 244 g/mol. The smallest absolute Gasteiger partial charge is 0.390 e. The molecular formula is C12H11F3O2. The highest BCUT2D eigenvalue weighted by Gasteiger charge is 2.47. The molecule has 0 fully saturated rings. The van der Waals surface area contributed by atoms with E-state index >= 15 is 0 Å². The van der Waals surface area contributed by atoms with Crippen LogP contribution in [0.1, 0.15) is 23.7 Å². The predicted octanol–water partition coefficient (Wildman–Crippen LogP) is 3.22. The van der Waals surface area contributed by atoms with Crippen LogP contribution in [0.5, 0.6) is 5.75 Å². The fourth-order valence-corrected chi connectivity index (χ4v) is 1.98. The van der Waals surface area contributed by atoms with Crippen LogP contribution in [0.4, 0.5) is 13.2 Å². The number of rotatable bonds is 1. The van der Waals surface area contributed by atoms with Gasteiger partial charge in [-0.05, 0) is 19.1 Å². The van der Waals surface area contributed by atoms with Crippen molar-refractivity contribution in [3.8, 4) is 5.75 Å². The van der Waals surface area contributed by atoms with Gasteiger partial charge in [0.05, 0.1) is 17.4 Å². The highest BCUT2D eigenvalue weighted by molar-refractivity contribution is 6.03. The largest absolute Gasteiger partial charge is 0.492 e. The molecule has 0 spiro atoms. The molecule has 5 heteroatoms. The van der Waals surface area contributed by atoms with Crippen LogP contribution in [0.25, 0.3) is 0 Å². The molecule has 0 bridgehead atoms. The van der Waals surface area contributed by atoms with E-state index in [9.17, 15) is 18.0 Å². The molecule has 1 unspecified atom stereocenters. The lowest BCUT2D eigenvalue weighted by Crippen LogP contribution is -2.41. The Hall–Kier alpha value is -1.52. The topological polar surface area (TPSA) is 26.3 Å². The first-order valence-electron chi connectivity index (χ1n) is 5.15. The fourth-order valence-electron chi connectivity index (χ4n) is 1.98. The maximum absolute atomic E-state index is 12.4. The summed E-state index contributed by atoms with van der Waals surface area (Å²) in [6.45, 7) is 1.06. The summed E-state index contributed by atoms with van der Waals surface area (Å²) in [7, 11) is 0. The highest BCUT2D eigenvalue weighted by atomic mass is 19.4. The second-order valence-electron chi connectivity index (χ2n) is 4.47. The van der Waals surface area contributed by atoms with E-state index < -0.39 is 23.8 Å². The summed E-state index contributed by atoms with van der Waals surface area (Å²) >= 11 is 0. The number of para-hydroxylation sites is 1. The zero-order valence-corrected chi connectivity index (χ0v) is 9.17. The third-order valence-electron chi connectivity index (χ3n) is 2.82. The van der Waals surface area contributed by atoms with E-state index in [0.717, 1.165) is 0 Å².